The summed E-state index contributed by atoms with van der Waals surface area (Å²) in [4.78, 5) is 11.3. The molecular formula is C9H12INO2S. The number of pyridine rings is 1. The molecule has 1 aromatic heterocycles. The first-order valence-corrected chi connectivity index (χ1v) is 5.04. The molecule has 0 atom stereocenters. The van der Waals surface area contributed by atoms with Crippen molar-refractivity contribution in [1.29, 1.82) is 0 Å². The molecule has 0 saturated carbocycles. The Hall–Kier alpha value is -0.300. The van der Waals surface area contributed by atoms with Gasteiger partial charge in [-0.15, -0.1) is 0 Å². The number of ether oxygens (including phenoxy) is 1. The number of methoxy groups -OCH3 is 1. The van der Waals surface area contributed by atoms with Gasteiger partial charge >= 0.3 is 5.97 Å². The molecule has 0 radical (unpaired) electrons. The van der Waals surface area contributed by atoms with Gasteiger partial charge in [-0.1, -0.05) is 11.8 Å². The van der Waals surface area contributed by atoms with Crippen molar-refractivity contribution < 1.29 is 38.1 Å². The molecule has 0 spiro atoms. The minimum atomic E-state index is -0.307. The highest BCUT2D eigenvalue weighted by Crippen LogP contribution is 2.09. The zero-order chi connectivity index (χ0) is 9.84. The van der Waals surface area contributed by atoms with Gasteiger partial charge in [0.1, 0.15) is 7.05 Å². The zero-order valence-corrected chi connectivity index (χ0v) is 11.3. The molecular weight excluding hydrogens is 313 g/mol. The lowest BCUT2D eigenvalue weighted by molar-refractivity contribution is -0.711. The number of hydrogen-bond donors (Lipinski definition) is 0. The third-order valence-corrected chi connectivity index (χ3v) is 2.62. The van der Waals surface area contributed by atoms with Crippen molar-refractivity contribution in [1.82, 2.24) is 0 Å². The predicted octanol–water partition coefficient (Wildman–Crippen LogP) is -1.98. The summed E-state index contributed by atoms with van der Waals surface area (Å²) in [5.41, 5.74) is 0.564. The third kappa shape index (κ3) is 2.84. The van der Waals surface area contributed by atoms with Gasteiger partial charge in [-0.3, -0.25) is 0 Å². The lowest BCUT2D eigenvalue weighted by Crippen LogP contribution is -3.00. The van der Waals surface area contributed by atoms with Gasteiger partial charge in [0, 0.05) is 12.1 Å². The van der Waals surface area contributed by atoms with Crippen LogP contribution >= 0.6 is 11.8 Å². The molecule has 0 amide bonds. The van der Waals surface area contributed by atoms with Crippen LogP contribution in [0, 0.1) is 0 Å². The highest BCUT2D eigenvalue weighted by molar-refractivity contribution is 7.98. The average molecular weight is 325 g/mol. The van der Waals surface area contributed by atoms with E-state index in [0.717, 1.165) is 5.03 Å². The van der Waals surface area contributed by atoms with Crippen molar-refractivity contribution in [2.75, 3.05) is 13.4 Å². The molecule has 0 aliphatic rings. The van der Waals surface area contributed by atoms with Crippen molar-refractivity contribution in [3.05, 3.63) is 23.9 Å². The van der Waals surface area contributed by atoms with Crippen LogP contribution in [-0.2, 0) is 11.8 Å². The molecule has 1 heterocycles. The molecule has 3 nitrogen and oxygen atoms in total. The van der Waals surface area contributed by atoms with Crippen LogP contribution in [-0.4, -0.2) is 19.3 Å². The van der Waals surface area contributed by atoms with E-state index in [9.17, 15) is 4.79 Å². The van der Waals surface area contributed by atoms with E-state index in [1.165, 1.54) is 7.11 Å². The molecule has 0 fully saturated rings. The molecule has 1 aromatic rings. The Bertz CT molecular complexity index is 331. The highest BCUT2D eigenvalue weighted by Gasteiger charge is 2.19. The number of esters is 1. The number of halogens is 1. The number of nitrogens with zero attached hydrogens (tertiary/aromatic N) is 1. The summed E-state index contributed by atoms with van der Waals surface area (Å²) in [7, 11) is 3.23. The minimum Gasteiger partial charge on any atom is -1.00 e. The fraction of sp³-hybridized carbons (Fsp3) is 0.333. The van der Waals surface area contributed by atoms with E-state index < -0.39 is 0 Å². The SMILES string of the molecule is COC(=O)c1cccc(SC)[n+]1C.[I-]. The topological polar surface area (TPSA) is 30.2 Å². The molecule has 5 heteroatoms. The van der Waals surface area contributed by atoms with Crippen LogP contribution in [0.3, 0.4) is 0 Å². The quantitative estimate of drug-likeness (QED) is 0.273. The predicted molar refractivity (Wildman–Crippen MR) is 50.7 cm³/mol. The maximum absolute atomic E-state index is 11.3. The van der Waals surface area contributed by atoms with Gasteiger partial charge in [0.15, 0.2) is 0 Å². The van der Waals surface area contributed by atoms with E-state index in [4.69, 9.17) is 0 Å². The summed E-state index contributed by atoms with van der Waals surface area (Å²) in [6.07, 6.45) is 1.97. The Morgan fingerprint density at radius 1 is 1.50 bits per heavy atom. The van der Waals surface area contributed by atoms with Gasteiger partial charge in [-0.2, -0.15) is 4.57 Å². The second-order valence-electron chi connectivity index (χ2n) is 2.50. The number of rotatable bonds is 2. The van der Waals surface area contributed by atoms with Crippen molar-refractivity contribution >= 4 is 17.7 Å². The van der Waals surface area contributed by atoms with Crippen molar-refractivity contribution in [3.63, 3.8) is 0 Å². The van der Waals surface area contributed by atoms with E-state index >= 15 is 0 Å². The standard InChI is InChI=1S/C9H12NO2S.HI/c1-10-7(9(11)12-2)5-4-6-8(10)13-3;/h4-6H,1-3H3;1H/q+1;/p-1. The van der Waals surface area contributed by atoms with Crippen LogP contribution in [0.5, 0.6) is 0 Å². The van der Waals surface area contributed by atoms with Crippen LogP contribution in [0.25, 0.3) is 0 Å². The fourth-order valence-electron chi connectivity index (χ4n) is 1.08. The van der Waals surface area contributed by atoms with Gasteiger partial charge in [0.2, 0.25) is 5.03 Å². The van der Waals surface area contributed by atoms with Crippen molar-refractivity contribution in [3.8, 4) is 0 Å². The van der Waals surface area contributed by atoms with E-state index in [1.54, 1.807) is 17.8 Å². The maximum atomic E-state index is 11.3. The van der Waals surface area contributed by atoms with Crippen molar-refractivity contribution in [2.24, 2.45) is 7.05 Å². The summed E-state index contributed by atoms with van der Waals surface area (Å²) in [6, 6.07) is 5.54. The lowest BCUT2D eigenvalue weighted by Gasteiger charge is -2.00. The van der Waals surface area contributed by atoms with Gasteiger partial charge in [0.05, 0.1) is 7.11 Å². The molecule has 0 bridgehead atoms. The lowest BCUT2D eigenvalue weighted by atomic mass is 10.3. The van der Waals surface area contributed by atoms with Crippen LogP contribution < -0.4 is 28.5 Å². The van der Waals surface area contributed by atoms with E-state index in [2.05, 4.69) is 4.74 Å². The summed E-state index contributed by atoms with van der Waals surface area (Å²) in [5, 5.41) is 1.03. The largest absolute Gasteiger partial charge is 1.00 e. The van der Waals surface area contributed by atoms with E-state index in [0.29, 0.717) is 5.69 Å². The summed E-state index contributed by atoms with van der Waals surface area (Å²) >= 11 is 1.59. The number of hydrogen-bond acceptors (Lipinski definition) is 3. The Kier molecular flexibility index (Phi) is 6.10. The Labute approximate surface area is 105 Å². The minimum absolute atomic E-state index is 0. The van der Waals surface area contributed by atoms with Crippen LogP contribution in [0.4, 0.5) is 0 Å². The summed E-state index contributed by atoms with van der Waals surface area (Å²) < 4.78 is 6.46. The Morgan fingerprint density at radius 2 is 2.14 bits per heavy atom. The molecule has 0 unspecified atom stereocenters. The first-order chi connectivity index (χ1) is 6.20. The second kappa shape index (κ2) is 6.23. The first kappa shape index (κ1) is 13.7. The number of aromatic nitrogens is 1. The summed E-state index contributed by atoms with van der Waals surface area (Å²) in [5.74, 6) is -0.307. The number of carbonyl (C=O) groups is 1. The first-order valence-electron chi connectivity index (χ1n) is 3.82. The monoisotopic (exact) mass is 325 g/mol. The number of thioether (sulfide) groups is 1. The molecule has 0 aliphatic heterocycles. The van der Waals surface area contributed by atoms with Gasteiger partial charge in [0.25, 0.3) is 5.69 Å². The van der Waals surface area contributed by atoms with Crippen molar-refractivity contribution in [2.45, 2.75) is 5.03 Å². The molecule has 78 valence electrons. The molecule has 0 N–H and O–H groups in total. The molecule has 1 rings (SSSR count). The summed E-state index contributed by atoms with van der Waals surface area (Å²) in [6.45, 7) is 0. The maximum Gasteiger partial charge on any atom is 0.403 e. The highest BCUT2D eigenvalue weighted by atomic mass is 127. The smallest absolute Gasteiger partial charge is 0.403 e. The third-order valence-electron chi connectivity index (χ3n) is 1.79. The molecule has 14 heavy (non-hydrogen) atoms. The molecule has 0 aliphatic carbocycles. The van der Waals surface area contributed by atoms with Gasteiger partial charge in [-0.05, 0) is 12.3 Å². The fourth-order valence-corrected chi connectivity index (χ4v) is 1.67. The molecule has 0 saturated heterocycles. The number of carbonyl (C=O) groups excluding carboxylic acids is 1. The normalized spacial score (nSPS) is 9.07. The van der Waals surface area contributed by atoms with Crippen LogP contribution in [0.2, 0.25) is 0 Å². The average Bonchev–Trinajstić information content (AvgIpc) is 2.17. The van der Waals surface area contributed by atoms with Crippen LogP contribution in [0.15, 0.2) is 23.2 Å². The Morgan fingerprint density at radius 3 is 2.64 bits per heavy atom. The molecule has 0 aromatic carbocycles. The van der Waals surface area contributed by atoms with Crippen LogP contribution in [0.1, 0.15) is 10.5 Å². The Balaban J connectivity index is 0.00000169. The van der Waals surface area contributed by atoms with E-state index in [-0.39, 0.29) is 29.9 Å². The second-order valence-corrected chi connectivity index (χ2v) is 3.33. The zero-order valence-electron chi connectivity index (χ0n) is 8.28. The van der Waals surface area contributed by atoms with Gasteiger partial charge in [-0.25, -0.2) is 4.79 Å². The van der Waals surface area contributed by atoms with Gasteiger partial charge < -0.3 is 28.7 Å². The van der Waals surface area contributed by atoms with E-state index in [1.807, 2.05) is 30.0 Å².